The van der Waals surface area contributed by atoms with E-state index in [2.05, 4.69) is 29.4 Å². The second kappa shape index (κ2) is 4.94. The summed E-state index contributed by atoms with van der Waals surface area (Å²) in [6.07, 6.45) is 9.05. The summed E-state index contributed by atoms with van der Waals surface area (Å²) in [6.45, 7) is 3.00. The summed E-state index contributed by atoms with van der Waals surface area (Å²) >= 11 is 0. The zero-order valence-electron chi connectivity index (χ0n) is 10.6. The number of nitrogens with zero attached hydrogens (tertiary/aromatic N) is 1. The monoisotopic (exact) mass is 242 g/mol. The predicted octanol–water partition coefficient (Wildman–Crippen LogP) is 3.15. The van der Waals surface area contributed by atoms with Crippen LogP contribution in [0.25, 0.3) is 0 Å². The van der Waals surface area contributed by atoms with Crippen molar-refractivity contribution in [1.29, 1.82) is 0 Å². The molecular weight excluding hydrogens is 224 g/mol. The first-order chi connectivity index (χ1) is 8.84. The van der Waals surface area contributed by atoms with Crippen LogP contribution in [0.3, 0.4) is 0 Å². The first-order valence-corrected chi connectivity index (χ1v) is 6.54. The number of pyridine rings is 1. The van der Waals surface area contributed by atoms with Gasteiger partial charge in [-0.05, 0) is 43.0 Å². The molecule has 3 heteroatoms. The summed E-state index contributed by atoms with van der Waals surface area (Å²) in [4.78, 5) is 4.19. The largest absolute Gasteiger partial charge is 0.469 e. The van der Waals surface area contributed by atoms with Gasteiger partial charge in [0.2, 0.25) is 0 Å². The van der Waals surface area contributed by atoms with Gasteiger partial charge in [-0.2, -0.15) is 0 Å². The van der Waals surface area contributed by atoms with E-state index in [1.807, 2.05) is 12.4 Å². The van der Waals surface area contributed by atoms with E-state index in [-0.39, 0.29) is 0 Å². The van der Waals surface area contributed by atoms with Gasteiger partial charge < -0.3 is 9.73 Å². The Morgan fingerprint density at radius 2 is 2.39 bits per heavy atom. The highest BCUT2D eigenvalue weighted by molar-refractivity contribution is 5.25. The molecule has 94 valence electrons. The fourth-order valence-electron chi connectivity index (χ4n) is 2.61. The molecule has 2 aromatic heterocycles. The molecule has 3 nitrogen and oxygen atoms in total. The number of nitrogens with one attached hydrogen (secondary N) is 1. The number of aryl methyl sites for hydroxylation is 2. The number of furan rings is 1. The quantitative estimate of drug-likeness (QED) is 0.898. The first kappa shape index (κ1) is 11.5. The normalized spacial score (nSPS) is 18.6. The molecule has 0 fully saturated rings. The molecule has 2 aromatic rings. The van der Waals surface area contributed by atoms with E-state index < -0.39 is 0 Å². The van der Waals surface area contributed by atoms with E-state index in [1.54, 1.807) is 6.26 Å². The van der Waals surface area contributed by atoms with Crippen molar-refractivity contribution in [2.75, 3.05) is 0 Å². The molecule has 0 saturated heterocycles. The molecule has 3 rings (SSSR count). The summed E-state index contributed by atoms with van der Waals surface area (Å²) in [7, 11) is 0. The minimum absolute atomic E-state index is 0.423. The van der Waals surface area contributed by atoms with Crippen molar-refractivity contribution in [3.63, 3.8) is 0 Å². The van der Waals surface area contributed by atoms with Crippen LogP contribution in [0.2, 0.25) is 0 Å². The van der Waals surface area contributed by atoms with Gasteiger partial charge in [-0.1, -0.05) is 0 Å². The second-order valence-electron chi connectivity index (χ2n) is 4.93. The van der Waals surface area contributed by atoms with E-state index >= 15 is 0 Å². The van der Waals surface area contributed by atoms with Crippen molar-refractivity contribution >= 4 is 0 Å². The van der Waals surface area contributed by atoms with Gasteiger partial charge in [0.15, 0.2) is 0 Å². The van der Waals surface area contributed by atoms with Gasteiger partial charge in [0.05, 0.1) is 6.26 Å². The van der Waals surface area contributed by atoms with Crippen molar-refractivity contribution in [1.82, 2.24) is 10.3 Å². The third kappa shape index (κ3) is 2.18. The topological polar surface area (TPSA) is 38.1 Å². The molecule has 0 amide bonds. The molecule has 1 atom stereocenters. The molecule has 1 aliphatic rings. The molecule has 1 unspecified atom stereocenters. The van der Waals surface area contributed by atoms with Crippen LogP contribution in [0, 0.1) is 6.92 Å². The van der Waals surface area contributed by atoms with Crippen LogP contribution in [0.15, 0.2) is 35.2 Å². The Labute approximate surface area is 107 Å². The third-order valence-corrected chi connectivity index (χ3v) is 3.74. The molecule has 18 heavy (non-hydrogen) atoms. The Hall–Kier alpha value is -1.61. The Bertz CT molecular complexity index is 533. The van der Waals surface area contributed by atoms with E-state index in [0.717, 1.165) is 18.7 Å². The zero-order chi connectivity index (χ0) is 12.4. The van der Waals surface area contributed by atoms with Crippen molar-refractivity contribution in [2.24, 2.45) is 0 Å². The van der Waals surface area contributed by atoms with Crippen molar-refractivity contribution in [3.8, 4) is 0 Å². The summed E-state index contributed by atoms with van der Waals surface area (Å²) in [6, 6.07) is 4.58. The highest BCUT2D eigenvalue weighted by Gasteiger charge is 2.21. The van der Waals surface area contributed by atoms with E-state index in [4.69, 9.17) is 4.42 Å². The van der Waals surface area contributed by atoms with E-state index in [1.165, 1.54) is 29.5 Å². The fraction of sp³-hybridized carbons (Fsp3) is 0.400. The van der Waals surface area contributed by atoms with Gasteiger partial charge in [-0.25, -0.2) is 0 Å². The van der Waals surface area contributed by atoms with Crippen LogP contribution >= 0.6 is 0 Å². The average molecular weight is 242 g/mol. The summed E-state index contributed by atoms with van der Waals surface area (Å²) < 4.78 is 5.51. The Kier molecular flexibility index (Phi) is 3.15. The predicted molar refractivity (Wildman–Crippen MR) is 70.2 cm³/mol. The molecule has 1 aliphatic carbocycles. The van der Waals surface area contributed by atoms with Gasteiger partial charge in [0, 0.05) is 37.0 Å². The van der Waals surface area contributed by atoms with Crippen molar-refractivity contribution < 1.29 is 4.42 Å². The summed E-state index contributed by atoms with van der Waals surface area (Å²) in [5, 5.41) is 3.62. The minimum Gasteiger partial charge on any atom is -0.469 e. The zero-order valence-corrected chi connectivity index (χ0v) is 10.6. The minimum atomic E-state index is 0.423. The number of hydrogen-bond donors (Lipinski definition) is 1. The van der Waals surface area contributed by atoms with Gasteiger partial charge in [0.25, 0.3) is 0 Å². The van der Waals surface area contributed by atoms with Crippen LogP contribution in [0.1, 0.15) is 41.3 Å². The maximum Gasteiger partial charge on any atom is 0.108 e. The molecule has 0 aromatic carbocycles. The maximum absolute atomic E-state index is 5.51. The standard InChI is InChI=1S/C15H18N2O/c1-11-5-7-16-9-12(11)10-17-14-3-2-4-15-13(14)6-8-18-15/h5-9,14,17H,2-4,10H2,1H3. The van der Waals surface area contributed by atoms with Crippen LogP contribution in [-0.2, 0) is 13.0 Å². The van der Waals surface area contributed by atoms with E-state index in [0.29, 0.717) is 6.04 Å². The Balaban J connectivity index is 1.71. The van der Waals surface area contributed by atoms with Gasteiger partial charge in [0.1, 0.15) is 5.76 Å². The van der Waals surface area contributed by atoms with Gasteiger partial charge in [-0.15, -0.1) is 0 Å². The molecule has 2 heterocycles. The lowest BCUT2D eigenvalue weighted by molar-refractivity contribution is 0.410. The maximum atomic E-state index is 5.51. The third-order valence-electron chi connectivity index (χ3n) is 3.74. The van der Waals surface area contributed by atoms with Crippen molar-refractivity contribution in [2.45, 2.75) is 38.8 Å². The average Bonchev–Trinajstić information content (AvgIpc) is 2.86. The van der Waals surface area contributed by atoms with E-state index in [9.17, 15) is 0 Å². The SMILES string of the molecule is Cc1ccncc1CNC1CCCc2occc21. The molecule has 0 radical (unpaired) electrons. The first-order valence-electron chi connectivity index (χ1n) is 6.54. The Morgan fingerprint density at radius 3 is 3.28 bits per heavy atom. The lowest BCUT2D eigenvalue weighted by Gasteiger charge is -2.23. The molecule has 0 spiro atoms. The van der Waals surface area contributed by atoms with Crippen LogP contribution in [0.4, 0.5) is 0 Å². The smallest absolute Gasteiger partial charge is 0.108 e. The number of rotatable bonds is 3. The fourth-order valence-corrected chi connectivity index (χ4v) is 2.61. The summed E-state index contributed by atoms with van der Waals surface area (Å²) in [5.41, 5.74) is 3.90. The van der Waals surface area contributed by atoms with Gasteiger partial charge in [-0.3, -0.25) is 4.98 Å². The van der Waals surface area contributed by atoms with Gasteiger partial charge >= 0.3 is 0 Å². The molecule has 0 saturated carbocycles. The molecule has 0 aliphatic heterocycles. The molecular formula is C15H18N2O. The lowest BCUT2D eigenvalue weighted by atomic mass is 9.93. The second-order valence-corrected chi connectivity index (χ2v) is 4.93. The van der Waals surface area contributed by atoms with Crippen molar-refractivity contribution in [3.05, 3.63) is 53.2 Å². The molecule has 0 bridgehead atoms. The van der Waals surface area contributed by atoms with Crippen LogP contribution in [-0.4, -0.2) is 4.98 Å². The Morgan fingerprint density at radius 1 is 1.44 bits per heavy atom. The number of aromatic nitrogens is 1. The highest BCUT2D eigenvalue weighted by Crippen LogP contribution is 2.30. The number of hydrogen-bond acceptors (Lipinski definition) is 3. The molecule has 1 N–H and O–H groups in total. The highest BCUT2D eigenvalue weighted by atomic mass is 16.3. The lowest BCUT2D eigenvalue weighted by Crippen LogP contribution is -2.24. The van der Waals surface area contributed by atoms with Crippen LogP contribution < -0.4 is 5.32 Å². The number of fused-ring (bicyclic) bond motifs is 1. The van der Waals surface area contributed by atoms with Crippen LogP contribution in [0.5, 0.6) is 0 Å². The summed E-state index contributed by atoms with van der Waals surface area (Å²) in [5.74, 6) is 1.15.